The van der Waals surface area contributed by atoms with Crippen LogP contribution in [-0.4, -0.2) is 34.7 Å². The standard InChI is InChI=1S/C12H12F3NO5/c1-2-21-11(20)12(14,15)9(16)7-6(13)4-3-5(8(7)17)10(18)19/h3-4,9,17H,2,16H2,1H3,(H,18,19)/t9-/m0/s1. The molecule has 0 bridgehead atoms. The lowest BCUT2D eigenvalue weighted by atomic mass is 9.97. The molecule has 0 aromatic heterocycles. The van der Waals surface area contributed by atoms with Gasteiger partial charge in [-0.2, -0.15) is 8.78 Å². The highest BCUT2D eigenvalue weighted by molar-refractivity contribution is 5.91. The molecule has 0 unspecified atom stereocenters. The zero-order chi connectivity index (χ0) is 16.4. The Kier molecular flexibility index (Phi) is 4.79. The van der Waals surface area contributed by atoms with E-state index in [1.54, 1.807) is 0 Å². The van der Waals surface area contributed by atoms with Crippen LogP contribution in [0.2, 0.25) is 0 Å². The van der Waals surface area contributed by atoms with E-state index in [9.17, 15) is 27.9 Å². The van der Waals surface area contributed by atoms with Crippen LogP contribution in [0.3, 0.4) is 0 Å². The van der Waals surface area contributed by atoms with E-state index >= 15 is 0 Å². The molecule has 0 spiro atoms. The van der Waals surface area contributed by atoms with E-state index in [2.05, 4.69) is 4.74 Å². The fourth-order valence-electron chi connectivity index (χ4n) is 1.59. The lowest BCUT2D eigenvalue weighted by Gasteiger charge is -2.23. The third-order valence-electron chi connectivity index (χ3n) is 2.64. The van der Waals surface area contributed by atoms with Crippen LogP contribution in [0.1, 0.15) is 28.9 Å². The average molecular weight is 307 g/mol. The van der Waals surface area contributed by atoms with Crippen molar-refractivity contribution in [3.05, 3.63) is 29.1 Å². The third-order valence-corrected chi connectivity index (χ3v) is 2.64. The normalized spacial score (nSPS) is 12.8. The van der Waals surface area contributed by atoms with Gasteiger partial charge in [-0.25, -0.2) is 14.0 Å². The van der Waals surface area contributed by atoms with E-state index < -0.39 is 46.6 Å². The second kappa shape index (κ2) is 6.00. The molecule has 0 saturated carbocycles. The van der Waals surface area contributed by atoms with Crippen LogP contribution in [-0.2, 0) is 9.53 Å². The molecule has 1 aromatic carbocycles. The van der Waals surface area contributed by atoms with E-state index in [4.69, 9.17) is 10.8 Å². The van der Waals surface area contributed by atoms with Crippen molar-refractivity contribution in [3.63, 3.8) is 0 Å². The van der Waals surface area contributed by atoms with Gasteiger partial charge in [-0.3, -0.25) is 0 Å². The summed E-state index contributed by atoms with van der Waals surface area (Å²) < 4.78 is 45.2. The first-order valence-electron chi connectivity index (χ1n) is 5.69. The van der Waals surface area contributed by atoms with E-state index in [-0.39, 0.29) is 6.61 Å². The molecule has 0 saturated heterocycles. The van der Waals surface area contributed by atoms with Crippen molar-refractivity contribution < 1.29 is 37.7 Å². The van der Waals surface area contributed by atoms with Crippen molar-refractivity contribution in [1.82, 2.24) is 0 Å². The second-order valence-electron chi connectivity index (χ2n) is 3.98. The van der Waals surface area contributed by atoms with Gasteiger partial charge in [0, 0.05) is 0 Å². The van der Waals surface area contributed by atoms with Crippen molar-refractivity contribution in [3.8, 4) is 5.75 Å². The van der Waals surface area contributed by atoms with Crippen molar-refractivity contribution in [2.24, 2.45) is 5.73 Å². The van der Waals surface area contributed by atoms with Gasteiger partial charge >= 0.3 is 17.9 Å². The fourth-order valence-corrected chi connectivity index (χ4v) is 1.59. The van der Waals surface area contributed by atoms with Crippen LogP contribution in [0.4, 0.5) is 13.2 Å². The molecule has 4 N–H and O–H groups in total. The van der Waals surface area contributed by atoms with Crippen molar-refractivity contribution >= 4 is 11.9 Å². The Morgan fingerprint density at radius 1 is 1.43 bits per heavy atom. The summed E-state index contributed by atoms with van der Waals surface area (Å²) in [6, 6.07) is -1.36. The molecule has 0 radical (unpaired) electrons. The quantitative estimate of drug-likeness (QED) is 0.710. The molecule has 0 heterocycles. The topological polar surface area (TPSA) is 110 Å². The highest BCUT2D eigenvalue weighted by Crippen LogP contribution is 2.38. The number of hydrogen-bond acceptors (Lipinski definition) is 5. The minimum atomic E-state index is -4.34. The summed E-state index contributed by atoms with van der Waals surface area (Å²) in [6.45, 7) is 0.924. The maximum absolute atomic E-state index is 13.8. The van der Waals surface area contributed by atoms with Crippen LogP contribution < -0.4 is 5.73 Å². The molecule has 0 fully saturated rings. The number of aromatic carboxylic acids is 1. The average Bonchev–Trinajstić information content (AvgIpc) is 2.38. The summed E-state index contributed by atoms with van der Waals surface area (Å²) in [5, 5.41) is 18.4. The Bertz CT molecular complexity index is 576. The minimum Gasteiger partial charge on any atom is -0.507 e. The van der Waals surface area contributed by atoms with Gasteiger partial charge in [-0.05, 0) is 19.1 Å². The number of carbonyl (C=O) groups is 2. The van der Waals surface area contributed by atoms with E-state index in [1.165, 1.54) is 6.92 Å². The summed E-state index contributed by atoms with van der Waals surface area (Å²) in [5.74, 6) is -10.6. The Hall–Kier alpha value is -2.29. The smallest absolute Gasteiger partial charge is 0.379 e. The highest BCUT2D eigenvalue weighted by atomic mass is 19.3. The molecular weight excluding hydrogens is 295 g/mol. The summed E-state index contributed by atoms with van der Waals surface area (Å²) in [7, 11) is 0. The molecule has 9 heteroatoms. The number of hydrogen-bond donors (Lipinski definition) is 3. The van der Waals surface area contributed by atoms with Gasteiger partial charge in [-0.1, -0.05) is 0 Å². The molecule has 0 aliphatic rings. The summed E-state index contributed by atoms with van der Waals surface area (Å²) in [6.07, 6.45) is 0. The largest absolute Gasteiger partial charge is 0.507 e. The molecular formula is C12H12F3NO5. The zero-order valence-electron chi connectivity index (χ0n) is 10.8. The zero-order valence-corrected chi connectivity index (χ0v) is 10.8. The second-order valence-corrected chi connectivity index (χ2v) is 3.98. The predicted molar refractivity (Wildman–Crippen MR) is 63.5 cm³/mol. The lowest BCUT2D eigenvalue weighted by Crippen LogP contribution is -2.42. The summed E-state index contributed by atoms with van der Waals surface area (Å²) >= 11 is 0. The number of nitrogens with two attached hydrogens (primary N) is 1. The molecule has 21 heavy (non-hydrogen) atoms. The SMILES string of the molecule is CCOC(=O)C(F)(F)[C@@H](N)c1c(F)ccc(C(=O)O)c1O. The van der Waals surface area contributed by atoms with Crippen LogP contribution in [0, 0.1) is 5.82 Å². The molecule has 0 aliphatic heterocycles. The predicted octanol–water partition coefficient (Wildman–Crippen LogP) is 1.43. The van der Waals surface area contributed by atoms with Crippen LogP contribution >= 0.6 is 0 Å². The van der Waals surface area contributed by atoms with Crippen LogP contribution in [0.5, 0.6) is 5.75 Å². The maximum Gasteiger partial charge on any atom is 0.379 e. The molecule has 0 aliphatic carbocycles. The molecule has 1 rings (SSSR count). The molecule has 6 nitrogen and oxygen atoms in total. The van der Waals surface area contributed by atoms with Gasteiger partial charge in [0.25, 0.3) is 0 Å². The van der Waals surface area contributed by atoms with Crippen molar-refractivity contribution in [1.29, 1.82) is 0 Å². The first-order valence-corrected chi connectivity index (χ1v) is 5.69. The monoisotopic (exact) mass is 307 g/mol. The lowest BCUT2D eigenvalue weighted by molar-refractivity contribution is -0.175. The van der Waals surface area contributed by atoms with Gasteiger partial charge in [0.05, 0.1) is 12.2 Å². The van der Waals surface area contributed by atoms with E-state index in [0.29, 0.717) is 12.1 Å². The number of esters is 1. The Balaban J connectivity index is 3.36. The number of benzene rings is 1. The molecule has 1 aromatic rings. The number of halogens is 3. The first-order chi connectivity index (χ1) is 9.64. The Labute approximate surface area is 116 Å². The minimum absolute atomic E-state index is 0.356. The molecule has 1 atom stereocenters. The number of aromatic hydroxyl groups is 1. The maximum atomic E-state index is 13.8. The molecule has 116 valence electrons. The van der Waals surface area contributed by atoms with Crippen molar-refractivity contribution in [2.45, 2.75) is 18.9 Å². The first kappa shape index (κ1) is 16.8. The van der Waals surface area contributed by atoms with Crippen LogP contribution in [0.15, 0.2) is 12.1 Å². The van der Waals surface area contributed by atoms with Gasteiger partial charge < -0.3 is 20.7 Å². The number of rotatable bonds is 5. The molecule has 0 amide bonds. The van der Waals surface area contributed by atoms with Gasteiger partial charge in [0.2, 0.25) is 0 Å². The number of ether oxygens (including phenoxy) is 1. The van der Waals surface area contributed by atoms with E-state index in [0.717, 1.165) is 0 Å². The number of alkyl halides is 2. The van der Waals surface area contributed by atoms with Gasteiger partial charge in [-0.15, -0.1) is 0 Å². The van der Waals surface area contributed by atoms with E-state index in [1.807, 2.05) is 0 Å². The number of phenols is 1. The van der Waals surface area contributed by atoms with Gasteiger partial charge in [0.15, 0.2) is 0 Å². The third kappa shape index (κ3) is 3.07. The number of carbonyl (C=O) groups excluding carboxylic acids is 1. The van der Waals surface area contributed by atoms with Crippen molar-refractivity contribution in [2.75, 3.05) is 6.61 Å². The summed E-state index contributed by atoms with van der Waals surface area (Å²) in [4.78, 5) is 21.9. The van der Waals surface area contributed by atoms with Gasteiger partial charge in [0.1, 0.15) is 23.2 Å². The Morgan fingerprint density at radius 3 is 2.48 bits per heavy atom. The highest BCUT2D eigenvalue weighted by Gasteiger charge is 2.50. The number of carboxylic acid groups (broad SMARTS) is 1. The Morgan fingerprint density at radius 2 is 2.00 bits per heavy atom. The number of carboxylic acids is 1. The fraction of sp³-hybridized carbons (Fsp3) is 0.333. The summed E-state index contributed by atoms with van der Waals surface area (Å²) in [5.41, 5.74) is 3.14. The van der Waals surface area contributed by atoms with Crippen LogP contribution in [0.25, 0.3) is 0 Å².